The number of hydrogen-bond donors (Lipinski definition) is 1. The lowest BCUT2D eigenvalue weighted by Crippen LogP contribution is -2.44. The number of nitrogens with one attached hydrogen (secondary N) is 1. The first-order chi connectivity index (χ1) is 14.1. The molecule has 29 heavy (non-hydrogen) atoms. The zero-order chi connectivity index (χ0) is 20.2. The Bertz CT molecular complexity index is 963. The summed E-state index contributed by atoms with van der Waals surface area (Å²) < 4.78 is 2.68. The van der Waals surface area contributed by atoms with Crippen LogP contribution < -0.4 is 5.32 Å². The Morgan fingerprint density at radius 3 is 2.41 bits per heavy atom. The topological polar surface area (TPSA) is 50.2 Å². The molecular weight excluding hydrogens is 452 g/mol. The van der Waals surface area contributed by atoms with E-state index in [9.17, 15) is 4.79 Å². The van der Waals surface area contributed by atoms with Crippen LogP contribution in [0.4, 0.5) is 0 Å². The third kappa shape index (κ3) is 5.26. The summed E-state index contributed by atoms with van der Waals surface area (Å²) in [6.07, 6.45) is 5.53. The summed E-state index contributed by atoms with van der Waals surface area (Å²) in [7, 11) is 0. The molecule has 3 aromatic rings. The molecule has 0 radical (unpaired) electrons. The molecule has 1 amide bonds. The normalized spacial score (nSPS) is 15.4. The first-order valence-electron chi connectivity index (χ1n) is 9.65. The highest BCUT2D eigenvalue weighted by molar-refractivity contribution is 9.10. The average Bonchev–Trinajstić information content (AvgIpc) is 3.17. The van der Waals surface area contributed by atoms with E-state index < -0.39 is 0 Å². The van der Waals surface area contributed by atoms with E-state index in [2.05, 4.69) is 43.4 Å². The van der Waals surface area contributed by atoms with Crippen LogP contribution in [0.3, 0.4) is 0 Å². The number of aromatic nitrogens is 2. The SMILES string of the molecule is O=C(NC1CCN(Cc2ccc(Cl)cc2)CC1)c1ccc(-n2cc(Br)cn2)cc1. The predicted octanol–water partition coefficient (Wildman–Crippen LogP) is 4.68. The molecule has 0 unspecified atom stereocenters. The van der Waals surface area contributed by atoms with Crippen LogP contribution in [0.15, 0.2) is 65.4 Å². The second-order valence-electron chi connectivity index (χ2n) is 7.30. The quantitative estimate of drug-likeness (QED) is 0.585. The number of carbonyl (C=O) groups excluding carboxylic acids is 1. The van der Waals surface area contributed by atoms with Crippen LogP contribution in [0.2, 0.25) is 5.02 Å². The number of halogens is 2. The van der Waals surface area contributed by atoms with E-state index >= 15 is 0 Å². The summed E-state index contributed by atoms with van der Waals surface area (Å²) in [5.41, 5.74) is 2.85. The van der Waals surface area contributed by atoms with Gasteiger partial charge in [-0.1, -0.05) is 23.7 Å². The van der Waals surface area contributed by atoms with Gasteiger partial charge in [0.2, 0.25) is 0 Å². The van der Waals surface area contributed by atoms with Gasteiger partial charge in [0.05, 0.1) is 16.4 Å². The molecule has 2 heterocycles. The van der Waals surface area contributed by atoms with Crippen molar-refractivity contribution >= 4 is 33.4 Å². The number of amides is 1. The van der Waals surface area contributed by atoms with Gasteiger partial charge >= 0.3 is 0 Å². The second-order valence-corrected chi connectivity index (χ2v) is 8.65. The highest BCUT2D eigenvalue weighted by Crippen LogP contribution is 2.17. The molecule has 2 aromatic carbocycles. The minimum Gasteiger partial charge on any atom is -0.349 e. The van der Waals surface area contributed by atoms with Gasteiger partial charge in [-0.25, -0.2) is 4.68 Å². The zero-order valence-corrected chi connectivity index (χ0v) is 18.2. The van der Waals surface area contributed by atoms with Crippen molar-refractivity contribution in [1.29, 1.82) is 0 Å². The molecule has 5 nitrogen and oxygen atoms in total. The maximum atomic E-state index is 12.6. The van der Waals surface area contributed by atoms with Gasteiger partial charge in [0.25, 0.3) is 5.91 Å². The van der Waals surface area contributed by atoms with Crippen molar-refractivity contribution < 1.29 is 4.79 Å². The van der Waals surface area contributed by atoms with Gasteiger partial charge in [-0.3, -0.25) is 9.69 Å². The molecule has 0 spiro atoms. The predicted molar refractivity (Wildman–Crippen MR) is 118 cm³/mol. The number of carbonyl (C=O) groups is 1. The maximum Gasteiger partial charge on any atom is 0.251 e. The average molecular weight is 474 g/mol. The molecule has 1 aliphatic rings. The summed E-state index contributed by atoms with van der Waals surface area (Å²) in [4.78, 5) is 15.0. The minimum absolute atomic E-state index is 0.0191. The second kappa shape index (κ2) is 9.11. The Labute approximate surface area is 183 Å². The number of piperidine rings is 1. The van der Waals surface area contributed by atoms with E-state index in [0.29, 0.717) is 5.56 Å². The van der Waals surface area contributed by atoms with Crippen LogP contribution >= 0.6 is 27.5 Å². The molecule has 4 rings (SSSR count). The van der Waals surface area contributed by atoms with Gasteiger partial charge in [0.15, 0.2) is 0 Å². The van der Waals surface area contributed by atoms with Gasteiger partial charge < -0.3 is 5.32 Å². The number of rotatable bonds is 5. The van der Waals surface area contributed by atoms with Crippen LogP contribution in [-0.4, -0.2) is 39.7 Å². The summed E-state index contributed by atoms with van der Waals surface area (Å²) in [6, 6.07) is 15.7. The van der Waals surface area contributed by atoms with Crippen LogP contribution in [0.5, 0.6) is 0 Å². The molecule has 0 saturated carbocycles. The largest absolute Gasteiger partial charge is 0.349 e. The van der Waals surface area contributed by atoms with Crippen LogP contribution in [0.1, 0.15) is 28.8 Å². The molecule has 0 bridgehead atoms. The summed E-state index contributed by atoms with van der Waals surface area (Å²) in [6.45, 7) is 2.87. The lowest BCUT2D eigenvalue weighted by molar-refractivity contribution is 0.0909. The van der Waals surface area contributed by atoms with Gasteiger partial charge in [-0.05, 0) is 70.7 Å². The molecule has 0 aliphatic carbocycles. The molecule has 1 aliphatic heterocycles. The van der Waals surface area contributed by atoms with E-state index in [-0.39, 0.29) is 11.9 Å². The van der Waals surface area contributed by atoms with Crippen LogP contribution in [0, 0.1) is 0 Å². The molecule has 1 aromatic heterocycles. The third-order valence-electron chi connectivity index (χ3n) is 5.19. The van der Waals surface area contributed by atoms with E-state index in [1.807, 2.05) is 42.6 Å². The third-order valence-corrected chi connectivity index (χ3v) is 5.85. The van der Waals surface area contributed by atoms with E-state index in [1.165, 1.54) is 5.56 Å². The molecule has 150 valence electrons. The van der Waals surface area contributed by atoms with Gasteiger partial charge in [0.1, 0.15) is 0 Å². The Balaban J connectivity index is 1.27. The number of benzene rings is 2. The Morgan fingerprint density at radius 2 is 1.79 bits per heavy atom. The van der Waals surface area contributed by atoms with E-state index in [4.69, 9.17) is 11.6 Å². The van der Waals surface area contributed by atoms with Crippen molar-refractivity contribution in [3.8, 4) is 5.69 Å². The Kier molecular flexibility index (Phi) is 6.33. The molecule has 1 N–H and O–H groups in total. The number of nitrogens with zero attached hydrogens (tertiary/aromatic N) is 3. The van der Waals surface area contributed by atoms with Crippen molar-refractivity contribution in [2.24, 2.45) is 0 Å². The monoisotopic (exact) mass is 472 g/mol. The first kappa shape index (κ1) is 20.1. The van der Waals surface area contributed by atoms with Gasteiger partial charge in [-0.2, -0.15) is 5.10 Å². The minimum atomic E-state index is -0.0191. The van der Waals surface area contributed by atoms with Crippen molar-refractivity contribution in [2.75, 3.05) is 13.1 Å². The van der Waals surface area contributed by atoms with E-state index in [1.54, 1.807) is 10.9 Å². The van der Waals surface area contributed by atoms with Crippen molar-refractivity contribution in [2.45, 2.75) is 25.4 Å². The fourth-order valence-electron chi connectivity index (χ4n) is 3.56. The molecule has 0 atom stereocenters. The molecule has 1 fully saturated rings. The molecular formula is C22H22BrClN4O. The number of likely N-dealkylation sites (tertiary alicyclic amines) is 1. The maximum absolute atomic E-state index is 12.6. The zero-order valence-electron chi connectivity index (χ0n) is 15.9. The highest BCUT2D eigenvalue weighted by atomic mass is 79.9. The van der Waals surface area contributed by atoms with Crippen LogP contribution in [0.25, 0.3) is 5.69 Å². The lowest BCUT2D eigenvalue weighted by Gasteiger charge is -2.32. The van der Waals surface area contributed by atoms with Crippen molar-refractivity contribution in [1.82, 2.24) is 20.0 Å². The van der Waals surface area contributed by atoms with Crippen molar-refractivity contribution in [3.63, 3.8) is 0 Å². The van der Waals surface area contributed by atoms with Gasteiger partial charge in [0, 0.05) is 42.5 Å². The fraction of sp³-hybridized carbons (Fsp3) is 0.273. The van der Waals surface area contributed by atoms with Crippen molar-refractivity contribution in [3.05, 3.63) is 81.5 Å². The number of hydrogen-bond acceptors (Lipinski definition) is 3. The lowest BCUT2D eigenvalue weighted by atomic mass is 10.0. The highest BCUT2D eigenvalue weighted by Gasteiger charge is 2.21. The first-order valence-corrected chi connectivity index (χ1v) is 10.8. The smallest absolute Gasteiger partial charge is 0.251 e. The summed E-state index contributed by atoms with van der Waals surface area (Å²) in [5.74, 6) is -0.0191. The molecule has 1 saturated heterocycles. The summed E-state index contributed by atoms with van der Waals surface area (Å²) >= 11 is 9.34. The van der Waals surface area contributed by atoms with Crippen LogP contribution in [-0.2, 0) is 6.54 Å². The summed E-state index contributed by atoms with van der Waals surface area (Å²) in [5, 5.41) is 8.20. The Morgan fingerprint density at radius 1 is 1.10 bits per heavy atom. The van der Waals surface area contributed by atoms with Gasteiger partial charge in [-0.15, -0.1) is 0 Å². The van der Waals surface area contributed by atoms with E-state index in [0.717, 1.165) is 47.7 Å². The Hall–Kier alpha value is -2.15. The fourth-order valence-corrected chi connectivity index (χ4v) is 3.97. The molecule has 7 heteroatoms. The standard InChI is InChI=1S/C22H22BrClN4O/c23-18-13-25-28(15-18)21-7-3-17(4-8-21)22(29)26-20-9-11-27(12-10-20)14-16-1-5-19(24)6-2-16/h1-8,13,15,20H,9-12,14H2,(H,26,29).